The number of aryl methyl sites for hydroxylation is 1. The molecular weight excluding hydrogens is 447 g/mol. The first kappa shape index (κ1) is 22.6. The fourth-order valence-corrected chi connectivity index (χ4v) is 3.77. The van der Waals surface area contributed by atoms with Gasteiger partial charge in [-0.25, -0.2) is 4.39 Å². The summed E-state index contributed by atoms with van der Waals surface area (Å²) in [5, 5.41) is 2.64. The van der Waals surface area contributed by atoms with Crippen LogP contribution in [0.15, 0.2) is 60.7 Å². The van der Waals surface area contributed by atoms with Gasteiger partial charge in [-0.1, -0.05) is 35.4 Å². The zero-order valence-corrected chi connectivity index (χ0v) is 18.9. The van der Waals surface area contributed by atoms with Crippen molar-refractivity contribution in [3.8, 4) is 11.5 Å². The lowest BCUT2D eigenvalue weighted by molar-refractivity contribution is -0.125. The fourth-order valence-electron chi connectivity index (χ4n) is 3.52. The van der Waals surface area contributed by atoms with Crippen molar-refractivity contribution in [2.75, 3.05) is 23.4 Å². The number of rotatable bonds is 6. The van der Waals surface area contributed by atoms with E-state index in [0.717, 1.165) is 11.3 Å². The summed E-state index contributed by atoms with van der Waals surface area (Å²) in [6.07, 6.45) is -0.705. The average Bonchev–Trinajstić information content (AvgIpc) is 2.77. The lowest BCUT2D eigenvalue weighted by Gasteiger charge is -2.33. The second-order valence-electron chi connectivity index (χ2n) is 7.64. The first-order valence-electron chi connectivity index (χ1n) is 10.4. The van der Waals surface area contributed by atoms with Crippen LogP contribution in [0.3, 0.4) is 0 Å². The van der Waals surface area contributed by atoms with Crippen molar-refractivity contribution >= 4 is 34.8 Å². The number of ether oxygens (including phenoxy) is 2. The minimum atomic E-state index is -0.715. The minimum Gasteiger partial charge on any atom is -0.492 e. The number of carbonyl (C=O) groups excluding carboxylic acids is 2. The van der Waals surface area contributed by atoms with Gasteiger partial charge in [0.05, 0.1) is 22.8 Å². The number of carbonyl (C=O) groups is 2. The summed E-state index contributed by atoms with van der Waals surface area (Å²) in [6, 6.07) is 16.6. The number of fused-ring (bicyclic) bond motifs is 1. The van der Waals surface area contributed by atoms with Crippen LogP contribution in [0.25, 0.3) is 0 Å². The van der Waals surface area contributed by atoms with Gasteiger partial charge >= 0.3 is 0 Å². The molecule has 1 aliphatic rings. The van der Waals surface area contributed by atoms with Crippen LogP contribution in [-0.4, -0.2) is 31.1 Å². The highest BCUT2D eigenvalue weighted by molar-refractivity contribution is 6.34. The van der Waals surface area contributed by atoms with Gasteiger partial charge in [-0.05, 0) is 50.2 Å². The molecule has 6 nitrogen and oxygen atoms in total. The van der Waals surface area contributed by atoms with E-state index in [0.29, 0.717) is 30.3 Å². The molecule has 170 valence electrons. The van der Waals surface area contributed by atoms with Gasteiger partial charge in [-0.15, -0.1) is 0 Å². The van der Waals surface area contributed by atoms with Crippen molar-refractivity contribution in [3.63, 3.8) is 0 Å². The van der Waals surface area contributed by atoms with Gasteiger partial charge < -0.3 is 19.7 Å². The number of nitrogens with one attached hydrogen (secondary N) is 1. The van der Waals surface area contributed by atoms with Gasteiger partial charge in [0.15, 0.2) is 6.10 Å². The summed E-state index contributed by atoms with van der Waals surface area (Å²) in [7, 11) is 0. The SMILES string of the molecule is Cc1ccc(OCCN2C(=O)C(C)Oc3cc(NC(=O)c4c(F)cccc4Cl)ccc32)cc1. The van der Waals surface area contributed by atoms with E-state index < -0.39 is 17.8 Å². The molecule has 0 saturated carbocycles. The Labute approximate surface area is 195 Å². The van der Waals surface area contributed by atoms with Crippen LogP contribution in [0.5, 0.6) is 11.5 Å². The van der Waals surface area contributed by atoms with Gasteiger partial charge in [0.2, 0.25) is 0 Å². The maximum absolute atomic E-state index is 14.1. The number of hydrogen-bond acceptors (Lipinski definition) is 4. The summed E-state index contributed by atoms with van der Waals surface area (Å²) in [5.41, 5.74) is 1.84. The maximum atomic E-state index is 14.1. The Hall–Kier alpha value is -3.58. The van der Waals surface area contributed by atoms with Crippen molar-refractivity contribution in [1.29, 1.82) is 0 Å². The molecule has 8 heteroatoms. The third-order valence-corrected chi connectivity index (χ3v) is 5.54. The Morgan fingerprint density at radius 3 is 2.67 bits per heavy atom. The molecule has 1 unspecified atom stereocenters. The fraction of sp³-hybridized carbons (Fsp3) is 0.200. The van der Waals surface area contributed by atoms with Gasteiger partial charge in [0, 0.05) is 11.8 Å². The molecule has 1 N–H and O–H groups in total. The standard InChI is InChI=1S/C25H22ClFN2O4/c1-15-6-9-18(10-7-15)32-13-12-29-21-11-8-17(14-22(21)33-16(2)25(29)31)28-24(30)23-19(26)4-3-5-20(23)27/h3-11,14,16H,12-13H2,1-2H3,(H,28,30). The minimum absolute atomic E-state index is 0.0145. The second-order valence-corrected chi connectivity index (χ2v) is 8.05. The van der Waals surface area contributed by atoms with Crippen molar-refractivity contribution < 1.29 is 23.5 Å². The number of halogens is 2. The van der Waals surface area contributed by atoms with E-state index in [1.165, 1.54) is 18.2 Å². The van der Waals surface area contributed by atoms with Crippen LogP contribution < -0.4 is 19.7 Å². The molecule has 3 aromatic carbocycles. The molecule has 4 rings (SSSR count). The van der Waals surface area contributed by atoms with Crippen molar-refractivity contribution in [1.82, 2.24) is 0 Å². The molecule has 0 radical (unpaired) electrons. The molecule has 1 heterocycles. The van der Waals surface area contributed by atoms with E-state index in [-0.39, 0.29) is 16.5 Å². The van der Waals surface area contributed by atoms with E-state index in [4.69, 9.17) is 21.1 Å². The first-order valence-corrected chi connectivity index (χ1v) is 10.8. The predicted molar refractivity (Wildman–Crippen MR) is 125 cm³/mol. The molecule has 33 heavy (non-hydrogen) atoms. The number of anilines is 2. The highest BCUT2D eigenvalue weighted by Crippen LogP contribution is 2.36. The van der Waals surface area contributed by atoms with E-state index in [9.17, 15) is 14.0 Å². The van der Waals surface area contributed by atoms with Crippen molar-refractivity contribution in [2.45, 2.75) is 20.0 Å². The van der Waals surface area contributed by atoms with Crippen LogP contribution in [-0.2, 0) is 4.79 Å². The largest absolute Gasteiger partial charge is 0.492 e. The van der Waals surface area contributed by atoms with Crippen molar-refractivity contribution in [2.24, 2.45) is 0 Å². The number of benzene rings is 3. The molecule has 1 atom stereocenters. The second kappa shape index (κ2) is 9.50. The average molecular weight is 469 g/mol. The maximum Gasteiger partial charge on any atom is 0.267 e. The zero-order chi connectivity index (χ0) is 23.5. The predicted octanol–water partition coefficient (Wildman–Crippen LogP) is 5.23. The topological polar surface area (TPSA) is 67.9 Å². The van der Waals surface area contributed by atoms with E-state index in [1.54, 1.807) is 30.0 Å². The van der Waals surface area contributed by atoms with Crippen LogP contribution in [0.4, 0.5) is 15.8 Å². The Kier molecular flexibility index (Phi) is 6.51. The monoisotopic (exact) mass is 468 g/mol. The van der Waals surface area contributed by atoms with Gasteiger partial charge in [-0.2, -0.15) is 0 Å². The molecule has 3 aromatic rings. The lowest BCUT2D eigenvalue weighted by atomic mass is 10.1. The quantitative estimate of drug-likeness (QED) is 0.537. The summed E-state index contributed by atoms with van der Waals surface area (Å²) in [6.45, 7) is 4.27. The molecule has 0 fully saturated rings. The highest BCUT2D eigenvalue weighted by atomic mass is 35.5. The number of hydrogen-bond donors (Lipinski definition) is 1. The molecule has 2 amide bonds. The molecule has 0 spiro atoms. The van der Waals surface area contributed by atoms with Gasteiger partial charge in [0.25, 0.3) is 11.8 Å². The Balaban J connectivity index is 1.49. The Morgan fingerprint density at radius 2 is 1.94 bits per heavy atom. The Morgan fingerprint density at radius 1 is 1.18 bits per heavy atom. The zero-order valence-electron chi connectivity index (χ0n) is 18.1. The van der Waals surface area contributed by atoms with Crippen LogP contribution in [0.1, 0.15) is 22.8 Å². The molecule has 0 aliphatic carbocycles. The van der Waals surface area contributed by atoms with E-state index >= 15 is 0 Å². The third-order valence-electron chi connectivity index (χ3n) is 5.22. The first-order chi connectivity index (χ1) is 15.8. The molecule has 0 aromatic heterocycles. The number of amides is 2. The molecular formula is C25H22ClFN2O4. The highest BCUT2D eigenvalue weighted by Gasteiger charge is 2.31. The summed E-state index contributed by atoms with van der Waals surface area (Å²) in [5.74, 6) is -0.436. The van der Waals surface area contributed by atoms with Gasteiger partial charge in [0.1, 0.15) is 23.9 Å². The summed E-state index contributed by atoms with van der Waals surface area (Å²) < 4.78 is 25.6. The van der Waals surface area contributed by atoms with Crippen molar-refractivity contribution in [3.05, 3.63) is 82.6 Å². The van der Waals surface area contributed by atoms with E-state index in [1.807, 2.05) is 31.2 Å². The van der Waals surface area contributed by atoms with Crippen LogP contribution >= 0.6 is 11.6 Å². The summed E-state index contributed by atoms with van der Waals surface area (Å²) >= 11 is 5.98. The summed E-state index contributed by atoms with van der Waals surface area (Å²) in [4.78, 5) is 26.9. The third kappa shape index (κ3) is 4.93. The molecule has 0 bridgehead atoms. The van der Waals surface area contributed by atoms with Crippen LogP contribution in [0, 0.1) is 12.7 Å². The molecule has 0 saturated heterocycles. The normalized spacial score (nSPS) is 15.0. The van der Waals surface area contributed by atoms with E-state index in [2.05, 4.69) is 5.32 Å². The molecule has 1 aliphatic heterocycles. The lowest BCUT2D eigenvalue weighted by Crippen LogP contribution is -2.46. The van der Waals surface area contributed by atoms with Crippen LogP contribution in [0.2, 0.25) is 5.02 Å². The smallest absolute Gasteiger partial charge is 0.267 e. The van der Waals surface area contributed by atoms with Gasteiger partial charge in [-0.3, -0.25) is 9.59 Å². The Bertz CT molecular complexity index is 1180. The number of nitrogens with zero attached hydrogens (tertiary/aromatic N) is 1.